The molecule has 0 amide bonds. The molecule has 0 aliphatic carbocycles. The number of alkyl halides is 3. The maximum absolute atomic E-state index is 12.7. The van der Waals surface area contributed by atoms with Crippen LogP contribution in [0.25, 0.3) is 0 Å². The van der Waals surface area contributed by atoms with Crippen LogP contribution in [-0.2, 0) is 19.3 Å². The lowest BCUT2D eigenvalue weighted by molar-refractivity contribution is -0.139. The third-order valence-electron chi connectivity index (χ3n) is 2.34. The van der Waals surface area contributed by atoms with E-state index in [2.05, 4.69) is 4.98 Å². The van der Waals surface area contributed by atoms with Crippen LogP contribution >= 0.6 is 23.7 Å². The number of hydrogen-bond donors (Lipinski definition) is 1. The Labute approximate surface area is 124 Å². The third kappa shape index (κ3) is 4.09. The molecule has 1 heterocycles. The van der Waals surface area contributed by atoms with Crippen LogP contribution < -0.4 is 10.5 Å². The van der Waals surface area contributed by atoms with E-state index in [1.807, 2.05) is 0 Å². The predicted octanol–water partition coefficient (Wildman–Crippen LogP) is 3.62. The standard InChI is InChI=1S/C12H11F3N2OS.ClH/c13-12(14,15)9-3-1-2-4-10(9)18-6-8-7-19-11(5-16)17-8;/h1-4,7H,5-6,16H2;1H. The van der Waals surface area contributed by atoms with Crippen LogP contribution in [-0.4, -0.2) is 4.98 Å². The average molecular weight is 325 g/mol. The first kappa shape index (κ1) is 16.7. The highest BCUT2D eigenvalue weighted by Crippen LogP contribution is 2.36. The van der Waals surface area contributed by atoms with Crippen LogP contribution in [0.15, 0.2) is 29.6 Å². The number of rotatable bonds is 4. The third-order valence-corrected chi connectivity index (χ3v) is 3.26. The molecule has 0 aliphatic rings. The second-order valence-electron chi connectivity index (χ2n) is 3.72. The molecule has 3 nitrogen and oxygen atoms in total. The van der Waals surface area contributed by atoms with Crippen molar-refractivity contribution < 1.29 is 17.9 Å². The Morgan fingerprint density at radius 1 is 1.25 bits per heavy atom. The highest BCUT2D eigenvalue weighted by atomic mass is 35.5. The topological polar surface area (TPSA) is 48.1 Å². The number of nitrogens with zero attached hydrogens (tertiary/aromatic N) is 1. The second-order valence-corrected chi connectivity index (χ2v) is 4.66. The molecule has 0 unspecified atom stereocenters. The molecule has 8 heteroatoms. The van der Waals surface area contributed by atoms with Crippen molar-refractivity contribution in [3.63, 3.8) is 0 Å². The molecule has 2 N–H and O–H groups in total. The van der Waals surface area contributed by atoms with Gasteiger partial charge in [-0.3, -0.25) is 0 Å². The Hall–Kier alpha value is -1.31. The maximum atomic E-state index is 12.7. The molecule has 20 heavy (non-hydrogen) atoms. The largest absolute Gasteiger partial charge is 0.487 e. The molecular formula is C12H12ClF3N2OS. The number of hydrogen-bond acceptors (Lipinski definition) is 4. The van der Waals surface area contributed by atoms with Crippen molar-refractivity contribution in [3.8, 4) is 5.75 Å². The second kappa shape index (κ2) is 6.92. The summed E-state index contributed by atoms with van der Waals surface area (Å²) >= 11 is 1.36. The highest BCUT2D eigenvalue weighted by molar-refractivity contribution is 7.09. The number of benzene rings is 1. The van der Waals surface area contributed by atoms with E-state index in [1.54, 1.807) is 5.38 Å². The van der Waals surface area contributed by atoms with Crippen molar-refractivity contribution in [1.82, 2.24) is 4.98 Å². The van der Waals surface area contributed by atoms with Crippen molar-refractivity contribution in [1.29, 1.82) is 0 Å². The van der Waals surface area contributed by atoms with Crippen LogP contribution in [0, 0.1) is 0 Å². The SMILES string of the molecule is Cl.NCc1nc(COc2ccccc2C(F)(F)F)cs1. The normalized spacial score (nSPS) is 11.0. The summed E-state index contributed by atoms with van der Waals surface area (Å²) in [6.07, 6.45) is -4.43. The molecule has 1 aromatic heterocycles. The van der Waals surface area contributed by atoms with E-state index >= 15 is 0 Å². The zero-order chi connectivity index (χ0) is 13.9. The molecule has 0 radical (unpaired) electrons. The number of ether oxygens (including phenoxy) is 1. The molecule has 0 saturated carbocycles. The maximum Gasteiger partial charge on any atom is 0.419 e. The van der Waals surface area contributed by atoms with Gasteiger partial charge < -0.3 is 10.5 Å². The quantitative estimate of drug-likeness (QED) is 0.934. The minimum absolute atomic E-state index is 0. The van der Waals surface area contributed by atoms with E-state index in [1.165, 1.54) is 29.5 Å². The Balaban J connectivity index is 0.00000200. The highest BCUT2D eigenvalue weighted by Gasteiger charge is 2.34. The van der Waals surface area contributed by atoms with Crippen LogP contribution in [0.2, 0.25) is 0 Å². The van der Waals surface area contributed by atoms with E-state index < -0.39 is 11.7 Å². The fraction of sp³-hybridized carbons (Fsp3) is 0.250. The van der Waals surface area contributed by atoms with Crippen molar-refractivity contribution >= 4 is 23.7 Å². The van der Waals surface area contributed by atoms with Gasteiger partial charge in [-0.25, -0.2) is 4.98 Å². The van der Waals surface area contributed by atoms with Crippen LogP contribution in [0.3, 0.4) is 0 Å². The van der Waals surface area contributed by atoms with Gasteiger partial charge in [0.1, 0.15) is 17.4 Å². The van der Waals surface area contributed by atoms with Gasteiger partial charge in [0.15, 0.2) is 0 Å². The number of para-hydroxylation sites is 1. The van der Waals surface area contributed by atoms with Crippen molar-refractivity contribution in [2.24, 2.45) is 5.73 Å². The first-order valence-corrected chi connectivity index (χ1v) is 6.31. The monoisotopic (exact) mass is 324 g/mol. The number of aromatic nitrogens is 1. The minimum Gasteiger partial charge on any atom is -0.487 e. The summed E-state index contributed by atoms with van der Waals surface area (Å²) in [7, 11) is 0. The number of nitrogens with two attached hydrogens (primary N) is 1. The Morgan fingerprint density at radius 3 is 2.55 bits per heavy atom. The molecule has 0 spiro atoms. The molecule has 0 aliphatic heterocycles. The van der Waals surface area contributed by atoms with Crippen molar-refractivity contribution in [2.45, 2.75) is 19.3 Å². The lowest BCUT2D eigenvalue weighted by Crippen LogP contribution is -2.08. The van der Waals surface area contributed by atoms with Gasteiger partial charge in [0.25, 0.3) is 0 Å². The fourth-order valence-electron chi connectivity index (χ4n) is 1.49. The molecule has 2 rings (SSSR count). The first-order chi connectivity index (χ1) is 9.00. The van der Waals surface area contributed by atoms with E-state index in [4.69, 9.17) is 10.5 Å². The molecule has 0 atom stereocenters. The summed E-state index contributed by atoms with van der Waals surface area (Å²) in [6, 6.07) is 5.10. The summed E-state index contributed by atoms with van der Waals surface area (Å²) in [6.45, 7) is 0.299. The van der Waals surface area contributed by atoms with E-state index in [9.17, 15) is 13.2 Å². The van der Waals surface area contributed by atoms with Gasteiger partial charge in [-0.15, -0.1) is 23.7 Å². The molecule has 0 saturated heterocycles. The Bertz CT molecular complexity index is 560. The van der Waals surface area contributed by atoms with Gasteiger partial charge in [0, 0.05) is 11.9 Å². The zero-order valence-corrected chi connectivity index (χ0v) is 11.8. The molecule has 0 bridgehead atoms. The summed E-state index contributed by atoms with van der Waals surface area (Å²) < 4.78 is 43.4. The zero-order valence-electron chi connectivity index (χ0n) is 10.2. The van der Waals surface area contributed by atoms with Gasteiger partial charge in [0.05, 0.1) is 11.3 Å². The molecule has 0 fully saturated rings. The van der Waals surface area contributed by atoms with Gasteiger partial charge in [-0.05, 0) is 12.1 Å². The van der Waals surface area contributed by atoms with Crippen molar-refractivity contribution in [2.75, 3.05) is 0 Å². The van der Waals surface area contributed by atoms with Crippen molar-refractivity contribution in [3.05, 3.63) is 45.9 Å². The van der Waals surface area contributed by atoms with E-state index in [-0.39, 0.29) is 24.8 Å². The van der Waals surface area contributed by atoms with Crippen LogP contribution in [0.5, 0.6) is 5.75 Å². The van der Waals surface area contributed by atoms with Gasteiger partial charge in [-0.2, -0.15) is 13.2 Å². The number of thiazole rings is 1. The Kier molecular flexibility index (Phi) is 5.79. The lowest BCUT2D eigenvalue weighted by Gasteiger charge is -2.12. The molecule has 110 valence electrons. The minimum atomic E-state index is -4.43. The number of halogens is 4. The molecular weight excluding hydrogens is 313 g/mol. The fourth-order valence-corrected chi connectivity index (χ4v) is 2.15. The van der Waals surface area contributed by atoms with Gasteiger partial charge >= 0.3 is 6.18 Å². The smallest absolute Gasteiger partial charge is 0.419 e. The summed E-state index contributed by atoms with van der Waals surface area (Å²) in [5.41, 5.74) is 5.19. The Morgan fingerprint density at radius 2 is 1.95 bits per heavy atom. The van der Waals surface area contributed by atoms with Crippen LogP contribution in [0.4, 0.5) is 13.2 Å². The first-order valence-electron chi connectivity index (χ1n) is 5.43. The molecule has 2 aromatic rings. The van der Waals surface area contributed by atoms with Gasteiger partial charge in [0.2, 0.25) is 0 Å². The lowest BCUT2D eigenvalue weighted by atomic mass is 10.2. The average Bonchev–Trinajstić information content (AvgIpc) is 2.83. The summed E-state index contributed by atoms with van der Waals surface area (Å²) in [4.78, 5) is 4.12. The van der Waals surface area contributed by atoms with Gasteiger partial charge in [-0.1, -0.05) is 12.1 Å². The van der Waals surface area contributed by atoms with Crippen LogP contribution in [0.1, 0.15) is 16.3 Å². The van der Waals surface area contributed by atoms with E-state index in [0.29, 0.717) is 12.2 Å². The molecule has 1 aromatic carbocycles. The summed E-state index contributed by atoms with van der Waals surface area (Å²) in [5, 5.41) is 2.45. The van der Waals surface area contributed by atoms with E-state index in [0.717, 1.165) is 11.1 Å². The predicted molar refractivity (Wildman–Crippen MR) is 73.0 cm³/mol. The summed E-state index contributed by atoms with van der Waals surface area (Å²) in [5.74, 6) is -0.197.